The fourth-order valence-electron chi connectivity index (χ4n) is 2.09. The van der Waals surface area contributed by atoms with Crippen LogP contribution in [-0.4, -0.2) is 61.0 Å². The molecule has 0 spiro atoms. The molecule has 1 atom stereocenters. The molecule has 1 aliphatic rings. The Kier molecular flexibility index (Phi) is 4.33. The molecule has 4 nitrogen and oxygen atoms in total. The van der Waals surface area contributed by atoms with Gasteiger partial charge in [-0.1, -0.05) is 0 Å². The highest BCUT2D eigenvalue weighted by atomic mass is 16.2. The Balaban J connectivity index is 2.38. The molecule has 0 radical (unpaired) electrons. The number of hydrogen-bond acceptors (Lipinski definition) is 3. The molecule has 0 unspecified atom stereocenters. The van der Waals surface area contributed by atoms with Crippen LogP contribution in [0.1, 0.15) is 27.2 Å². The third-order valence-electron chi connectivity index (χ3n) is 2.63. The molecule has 94 valence electrons. The lowest BCUT2D eigenvalue weighted by atomic mass is 10.1. The van der Waals surface area contributed by atoms with Crippen LogP contribution in [0, 0.1) is 0 Å². The quantitative estimate of drug-likeness (QED) is 0.764. The minimum atomic E-state index is 0.130. The van der Waals surface area contributed by atoms with Gasteiger partial charge in [0.05, 0.1) is 6.54 Å². The van der Waals surface area contributed by atoms with Gasteiger partial charge in [-0.05, 0) is 41.3 Å². The van der Waals surface area contributed by atoms with E-state index in [0.717, 1.165) is 19.5 Å². The molecule has 1 saturated heterocycles. The van der Waals surface area contributed by atoms with Crippen molar-refractivity contribution in [2.75, 3.05) is 33.7 Å². The van der Waals surface area contributed by atoms with Gasteiger partial charge in [0.15, 0.2) is 0 Å². The molecule has 0 bridgehead atoms. The second-order valence-electron chi connectivity index (χ2n) is 5.96. The van der Waals surface area contributed by atoms with Crippen LogP contribution in [0.3, 0.4) is 0 Å². The first kappa shape index (κ1) is 13.5. The third kappa shape index (κ3) is 4.49. The van der Waals surface area contributed by atoms with E-state index in [1.54, 1.807) is 0 Å². The molecule has 0 aliphatic carbocycles. The minimum Gasteiger partial charge on any atom is -0.340 e. The van der Waals surface area contributed by atoms with E-state index in [0.29, 0.717) is 12.6 Å². The molecular weight excluding hydrogens is 202 g/mol. The summed E-state index contributed by atoms with van der Waals surface area (Å²) < 4.78 is 0. The van der Waals surface area contributed by atoms with Gasteiger partial charge in [-0.15, -0.1) is 0 Å². The number of amides is 1. The monoisotopic (exact) mass is 227 g/mol. The normalized spacial score (nSPS) is 21.9. The lowest BCUT2D eigenvalue weighted by Gasteiger charge is -2.26. The van der Waals surface area contributed by atoms with Gasteiger partial charge in [0.2, 0.25) is 5.91 Å². The van der Waals surface area contributed by atoms with E-state index in [2.05, 4.69) is 26.1 Å². The van der Waals surface area contributed by atoms with Crippen molar-refractivity contribution in [1.82, 2.24) is 15.1 Å². The highest BCUT2D eigenvalue weighted by Crippen LogP contribution is 2.13. The number of nitrogens with one attached hydrogen (secondary N) is 1. The zero-order chi connectivity index (χ0) is 12.3. The minimum absolute atomic E-state index is 0.130. The van der Waals surface area contributed by atoms with Gasteiger partial charge in [0, 0.05) is 24.7 Å². The highest BCUT2D eigenvalue weighted by Gasteiger charge is 2.28. The Bertz CT molecular complexity index is 245. The molecule has 16 heavy (non-hydrogen) atoms. The van der Waals surface area contributed by atoms with Gasteiger partial charge in [-0.2, -0.15) is 0 Å². The topological polar surface area (TPSA) is 35.6 Å². The zero-order valence-corrected chi connectivity index (χ0v) is 11.2. The Morgan fingerprint density at radius 2 is 2.06 bits per heavy atom. The van der Waals surface area contributed by atoms with Gasteiger partial charge in [-0.25, -0.2) is 0 Å². The number of likely N-dealkylation sites (N-methyl/N-ethyl adjacent to an activating group) is 1. The van der Waals surface area contributed by atoms with Crippen molar-refractivity contribution in [3.63, 3.8) is 0 Å². The fraction of sp³-hybridized carbons (Fsp3) is 0.917. The van der Waals surface area contributed by atoms with Crippen molar-refractivity contribution in [2.24, 2.45) is 0 Å². The third-order valence-corrected chi connectivity index (χ3v) is 2.63. The molecule has 1 amide bonds. The van der Waals surface area contributed by atoms with Gasteiger partial charge in [0.25, 0.3) is 0 Å². The van der Waals surface area contributed by atoms with Crippen LogP contribution in [0.2, 0.25) is 0 Å². The second-order valence-corrected chi connectivity index (χ2v) is 5.96. The number of carbonyl (C=O) groups excluding carboxylic acids is 1. The van der Waals surface area contributed by atoms with Gasteiger partial charge >= 0.3 is 0 Å². The van der Waals surface area contributed by atoms with E-state index in [4.69, 9.17) is 0 Å². The van der Waals surface area contributed by atoms with Crippen LogP contribution in [0.15, 0.2) is 0 Å². The van der Waals surface area contributed by atoms with Crippen molar-refractivity contribution in [1.29, 1.82) is 0 Å². The maximum atomic E-state index is 11.8. The summed E-state index contributed by atoms with van der Waals surface area (Å²) in [6.45, 7) is 8.75. The first-order valence-corrected chi connectivity index (χ1v) is 5.98. The van der Waals surface area contributed by atoms with Crippen molar-refractivity contribution < 1.29 is 4.79 Å². The van der Waals surface area contributed by atoms with Crippen LogP contribution in [0.4, 0.5) is 0 Å². The fourth-order valence-corrected chi connectivity index (χ4v) is 2.09. The molecule has 1 fully saturated rings. The van der Waals surface area contributed by atoms with E-state index in [1.807, 2.05) is 23.9 Å². The molecule has 0 saturated carbocycles. The summed E-state index contributed by atoms with van der Waals surface area (Å²) in [6, 6.07) is 0.450. The number of rotatable bonds is 3. The van der Waals surface area contributed by atoms with E-state index >= 15 is 0 Å². The molecule has 4 heteroatoms. The summed E-state index contributed by atoms with van der Waals surface area (Å²) in [5.74, 6) is 0.239. The summed E-state index contributed by atoms with van der Waals surface area (Å²) in [4.78, 5) is 15.7. The predicted molar refractivity (Wildman–Crippen MR) is 66.4 cm³/mol. The number of nitrogens with zero attached hydrogens (tertiary/aromatic N) is 2. The van der Waals surface area contributed by atoms with E-state index in [1.165, 1.54) is 0 Å². The molecule has 1 aliphatic heterocycles. The van der Waals surface area contributed by atoms with Crippen LogP contribution in [0.25, 0.3) is 0 Å². The Morgan fingerprint density at radius 1 is 1.44 bits per heavy atom. The van der Waals surface area contributed by atoms with Gasteiger partial charge < -0.3 is 15.1 Å². The lowest BCUT2D eigenvalue weighted by Crippen LogP contribution is -2.46. The average molecular weight is 227 g/mol. The first-order valence-electron chi connectivity index (χ1n) is 5.98. The number of carbonyl (C=O) groups is 1. The summed E-state index contributed by atoms with van der Waals surface area (Å²) in [5.41, 5.74) is 0.130. The van der Waals surface area contributed by atoms with Gasteiger partial charge in [-0.3, -0.25) is 4.79 Å². The molecule has 1 heterocycles. The average Bonchev–Trinajstić information content (AvgIpc) is 2.48. The largest absolute Gasteiger partial charge is 0.340 e. The summed E-state index contributed by atoms with van der Waals surface area (Å²) >= 11 is 0. The SMILES string of the molecule is CN(C)CC(=O)N1CC[C@@H](NC(C)(C)C)C1. The van der Waals surface area contributed by atoms with Crippen LogP contribution >= 0.6 is 0 Å². The number of likely N-dealkylation sites (tertiary alicyclic amines) is 1. The van der Waals surface area contributed by atoms with E-state index < -0.39 is 0 Å². The van der Waals surface area contributed by atoms with Crippen LogP contribution in [0.5, 0.6) is 0 Å². The first-order chi connectivity index (χ1) is 7.28. The summed E-state index contributed by atoms with van der Waals surface area (Å²) in [7, 11) is 3.86. The zero-order valence-electron chi connectivity index (χ0n) is 11.2. The second kappa shape index (κ2) is 5.15. The molecule has 0 aromatic carbocycles. The van der Waals surface area contributed by atoms with Crippen molar-refractivity contribution in [3.05, 3.63) is 0 Å². The maximum Gasteiger partial charge on any atom is 0.236 e. The Hall–Kier alpha value is -0.610. The van der Waals surface area contributed by atoms with Crippen LogP contribution < -0.4 is 5.32 Å². The molecule has 0 aromatic rings. The predicted octanol–water partition coefficient (Wildman–Crippen LogP) is 0.537. The summed E-state index contributed by atoms with van der Waals surface area (Å²) in [5, 5.41) is 3.55. The van der Waals surface area contributed by atoms with E-state index in [9.17, 15) is 4.79 Å². The Labute approximate surface area is 99.0 Å². The van der Waals surface area contributed by atoms with E-state index in [-0.39, 0.29) is 11.4 Å². The van der Waals surface area contributed by atoms with Gasteiger partial charge in [0.1, 0.15) is 0 Å². The highest BCUT2D eigenvalue weighted by molar-refractivity contribution is 5.78. The number of hydrogen-bond donors (Lipinski definition) is 1. The molecule has 1 N–H and O–H groups in total. The molecule has 1 rings (SSSR count). The van der Waals surface area contributed by atoms with Crippen molar-refractivity contribution in [3.8, 4) is 0 Å². The smallest absolute Gasteiger partial charge is 0.236 e. The molecule has 0 aromatic heterocycles. The Morgan fingerprint density at radius 3 is 2.56 bits per heavy atom. The maximum absolute atomic E-state index is 11.8. The van der Waals surface area contributed by atoms with Crippen molar-refractivity contribution >= 4 is 5.91 Å². The van der Waals surface area contributed by atoms with Crippen LogP contribution in [-0.2, 0) is 4.79 Å². The molecular formula is C12H25N3O. The summed E-state index contributed by atoms with van der Waals surface area (Å²) in [6.07, 6.45) is 1.07. The lowest BCUT2D eigenvalue weighted by molar-refractivity contribution is -0.130. The standard InChI is InChI=1S/C12H25N3O/c1-12(2,3)13-10-6-7-15(8-10)11(16)9-14(4)5/h10,13H,6-9H2,1-5H3/t10-/m1/s1. The van der Waals surface area contributed by atoms with Crippen molar-refractivity contribution in [2.45, 2.75) is 38.8 Å².